The Hall–Kier alpha value is -0.770. The van der Waals surface area contributed by atoms with Crippen LogP contribution < -0.4 is 10.6 Å². The van der Waals surface area contributed by atoms with Crippen molar-refractivity contribution in [2.75, 3.05) is 6.54 Å². The molecule has 1 fully saturated rings. The highest BCUT2D eigenvalue weighted by molar-refractivity contribution is 5.68. The minimum absolute atomic E-state index is 0.262. The zero-order valence-corrected chi connectivity index (χ0v) is 13.6. The molecule has 2 atom stereocenters. The van der Waals surface area contributed by atoms with E-state index >= 15 is 0 Å². The summed E-state index contributed by atoms with van der Waals surface area (Å²) in [6.45, 7) is 9.01. The molecule has 4 heteroatoms. The molecule has 2 N–H and O–H groups in total. The molecule has 1 rings (SSSR count). The second kappa shape index (κ2) is 8.50. The van der Waals surface area contributed by atoms with Crippen molar-refractivity contribution in [2.24, 2.45) is 0 Å². The molecule has 118 valence electrons. The average Bonchev–Trinajstić information content (AvgIpc) is 2.74. The lowest BCUT2D eigenvalue weighted by molar-refractivity contribution is 0.0505. The van der Waals surface area contributed by atoms with E-state index in [1.54, 1.807) is 0 Å². The Balaban J connectivity index is 2.12. The summed E-state index contributed by atoms with van der Waals surface area (Å²) >= 11 is 0. The van der Waals surface area contributed by atoms with E-state index in [1.807, 2.05) is 20.8 Å². The van der Waals surface area contributed by atoms with Crippen molar-refractivity contribution in [3.63, 3.8) is 0 Å². The fraction of sp³-hybridized carbons (Fsp3) is 0.938. The van der Waals surface area contributed by atoms with Crippen LogP contribution in [0.5, 0.6) is 0 Å². The number of amides is 1. The van der Waals surface area contributed by atoms with E-state index in [9.17, 15) is 4.79 Å². The van der Waals surface area contributed by atoms with E-state index in [2.05, 4.69) is 17.6 Å². The van der Waals surface area contributed by atoms with Crippen molar-refractivity contribution in [3.05, 3.63) is 0 Å². The molecule has 1 aliphatic carbocycles. The summed E-state index contributed by atoms with van der Waals surface area (Å²) in [5, 5.41) is 6.57. The molecule has 0 aliphatic heterocycles. The van der Waals surface area contributed by atoms with E-state index in [1.165, 1.54) is 25.7 Å². The van der Waals surface area contributed by atoms with Crippen LogP contribution in [-0.4, -0.2) is 30.3 Å². The second-order valence-corrected chi connectivity index (χ2v) is 6.87. The molecule has 1 aliphatic rings. The highest BCUT2D eigenvalue weighted by Crippen LogP contribution is 2.20. The number of ether oxygens (including phenoxy) is 1. The highest BCUT2D eigenvalue weighted by atomic mass is 16.6. The Morgan fingerprint density at radius 2 is 1.85 bits per heavy atom. The van der Waals surface area contributed by atoms with Crippen molar-refractivity contribution < 1.29 is 9.53 Å². The van der Waals surface area contributed by atoms with Gasteiger partial charge in [0.05, 0.1) is 0 Å². The summed E-state index contributed by atoms with van der Waals surface area (Å²) in [4.78, 5) is 11.7. The van der Waals surface area contributed by atoms with Crippen LogP contribution in [-0.2, 0) is 4.74 Å². The van der Waals surface area contributed by atoms with Crippen LogP contribution in [0.3, 0.4) is 0 Å². The molecule has 0 heterocycles. The van der Waals surface area contributed by atoms with Gasteiger partial charge in [0.2, 0.25) is 0 Å². The smallest absolute Gasteiger partial charge is 0.407 e. The molecular weight excluding hydrogens is 252 g/mol. The molecular formula is C16H32N2O2. The van der Waals surface area contributed by atoms with E-state index in [-0.39, 0.29) is 12.1 Å². The van der Waals surface area contributed by atoms with Crippen LogP contribution in [0.25, 0.3) is 0 Å². The maximum absolute atomic E-state index is 11.7. The molecule has 0 radical (unpaired) electrons. The predicted molar refractivity (Wildman–Crippen MR) is 82.9 cm³/mol. The monoisotopic (exact) mass is 284 g/mol. The molecule has 0 bridgehead atoms. The minimum atomic E-state index is -0.417. The first-order valence-corrected chi connectivity index (χ1v) is 8.13. The van der Waals surface area contributed by atoms with Gasteiger partial charge >= 0.3 is 6.09 Å². The SMILES string of the molecule is CCCCCCNC1CCC(NC(=O)OC(C)(C)C)C1. The summed E-state index contributed by atoms with van der Waals surface area (Å²) in [5.41, 5.74) is -0.417. The van der Waals surface area contributed by atoms with Crippen LogP contribution >= 0.6 is 0 Å². The Morgan fingerprint density at radius 1 is 1.15 bits per heavy atom. The zero-order chi connectivity index (χ0) is 15.0. The lowest BCUT2D eigenvalue weighted by atomic mass is 10.2. The van der Waals surface area contributed by atoms with Crippen molar-refractivity contribution in [1.29, 1.82) is 0 Å². The molecule has 0 aromatic carbocycles. The fourth-order valence-corrected chi connectivity index (χ4v) is 2.63. The minimum Gasteiger partial charge on any atom is -0.444 e. The third kappa shape index (κ3) is 7.73. The van der Waals surface area contributed by atoms with E-state index in [0.29, 0.717) is 6.04 Å². The molecule has 0 aromatic heterocycles. The molecule has 0 aromatic rings. The number of carbonyl (C=O) groups excluding carboxylic acids is 1. The first kappa shape index (κ1) is 17.3. The topological polar surface area (TPSA) is 50.4 Å². The zero-order valence-electron chi connectivity index (χ0n) is 13.6. The molecule has 2 unspecified atom stereocenters. The van der Waals surface area contributed by atoms with Gasteiger partial charge in [-0.25, -0.2) is 4.79 Å². The summed E-state index contributed by atoms with van der Waals surface area (Å²) in [5.74, 6) is 0. The van der Waals surface area contributed by atoms with Gasteiger partial charge in [-0.05, 0) is 53.0 Å². The third-order valence-corrected chi connectivity index (χ3v) is 3.62. The molecule has 4 nitrogen and oxygen atoms in total. The predicted octanol–water partition coefficient (Wildman–Crippen LogP) is 3.60. The summed E-state index contributed by atoms with van der Waals surface area (Å²) in [6.07, 6.45) is 8.11. The lowest BCUT2D eigenvalue weighted by Gasteiger charge is -2.21. The van der Waals surface area contributed by atoms with Gasteiger partial charge in [0.15, 0.2) is 0 Å². The Bertz CT molecular complexity index is 287. The van der Waals surface area contributed by atoms with Crippen molar-refractivity contribution >= 4 is 6.09 Å². The van der Waals surface area contributed by atoms with Gasteiger partial charge in [-0.2, -0.15) is 0 Å². The normalized spacial score (nSPS) is 22.8. The van der Waals surface area contributed by atoms with Crippen LogP contribution in [0.15, 0.2) is 0 Å². The quantitative estimate of drug-likeness (QED) is 0.702. The maximum atomic E-state index is 11.7. The number of nitrogens with one attached hydrogen (secondary N) is 2. The van der Waals surface area contributed by atoms with Gasteiger partial charge in [-0.3, -0.25) is 0 Å². The summed E-state index contributed by atoms with van der Waals surface area (Å²) in [7, 11) is 0. The molecule has 0 saturated heterocycles. The Labute approximate surface area is 124 Å². The summed E-state index contributed by atoms with van der Waals surface area (Å²) < 4.78 is 5.29. The first-order chi connectivity index (χ1) is 9.40. The van der Waals surface area contributed by atoms with Crippen molar-refractivity contribution in [2.45, 2.75) is 90.3 Å². The third-order valence-electron chi connectivity index (χ3n) is 3.62. The van der Waals surface area contributed by atoms with E-state index in [4.69, 9.17) is 4.74 Å². The second-order valence-electron chi connectivity index (χ2n) is 6.87. The first-order valence-electron chi connectivity index (χ1n) is 8.13. The van der Waals surface area contributed by atoms with Gasteiger partial charge in [0.25, 0.3) is 0 Å². The van der Waals surface area contributed by atoms with Gasteiger partial charge in [-0.15, -0.1) is 0 Å². The van der Waals surface area contributed by atoms with E-state index < -0.39 is 5.60 Å². The van der Waals surface area contributed by atoms with Gasteiger partial charge in [0.1, 0.15) is 5.60 Å². The van der Waals surface area contributed by atoms with Crippen LogP contribution in [0.4, 0.5) is 4.79 Å². The molecule has 1 saturated carbocycles. The molecule has 1 amide bonds. The van der Waals surface area contributed by atoms with Gasteiger partial charge < -0.3 is 15.4 Å². The van der Waals surface area contributed by atoms with Crippen molar-refractivity contribution in [1.82, 2.24) is 10.6 Å². The maximum Gasteiger partial charge on any atom is 0.407 e. The number of alkyl carbamates (subject to hydrolysis) is 1. The van der Waals surface area contributed by atoms with Crippen LogP contribution in [0.1, 0.15) is 72.6 Å². The fourth-order valence-electron chi connectivity index (χ4n) is 2.63. The van der Waals surface area contributed by atoms with Crippen LogP contribution in [0.2, 0.25) is 0 Å². The van der Waals surface area contributed by atoms with E-state index in [0.717, 1.165) is 25.8 Å². The number of carbonyl (C=O) groups is 1. The highest BCUT2D eigenvalue weighted by Gasteiger charge is 2.27. The molecule has 20 heavy (non-hydrogen) atoms. The van der Waals surface area contributed by atoms with Crippen molar-refractivity contribution in [3.8, 4) is 0 Å². The Morgan fingerprint density at radius 3 is 2.50 bits per heavy atom. The Kier molecular flexibility index (Phi) is 7.35. The lowest BCUT2D eigenvalue weighted by Crippen LogP contribution is -2.39. The standard InChI is InChI=1S/C16H32N2O2/c1-5-6-7-8-11-17-13-9-10-14(12-13)18-15(19)20-16(2,3)4/h13-14,17H,5-12H2,1-4H3,(H,18,19). The van der Waals surface area contributed by atoms with Gasteiger partial charge in [0, 0.05) is 12.1 Å². The van der Waals surface area contributed by atoms with Crippen LogP contribution in [0, 0.1) is 0 Å². The average molecular weight is 284 g/mol. The number of rotatable bonds is 7. The molecule has 0 spiro atoms. The number of hydrogen-bond donors (Lipinski definition) is 2. The van der Waals surface area contributed by atoms with Gasteiger partial charge in [-0.1, -0.05) is 26.2 Å². The summed E-state index contributed by atoms with van der Waals surface area (Å²) in [6, 6.07) is 0.814. The largest absolute Gasteiger partial charge is 0.444 e. The number of unbranched alkanes of at least 4 members (excludes halogenated alkanes) is 3. The number of hydrogen-bond acceptors (Lipinski definition) is 3.